The van der Waals surface area contributed by atoms with Gasteiger partial charge in [-0.05, 0) is 35.1 Å². The lowest BCUT2D eigenvalue weighted by Gasteiger charge is -2.22. The first-order chi connectivity index (χ1) is 9.26. The van der Waals surface area contributed by atoms with Crippen LogP contribution in [-0.2, 0) is 0 Å². The highest BCUT2D eigenvalue weighted by atomic mass is 14.6. The van der Waals surface area contributed by atoms with Gasteiger partial charge in [0.05, 0.1) is 0 Å². The number of nitrogens with two attached hydrogens (primary N) is 1. The molecule has 19 heavy (non-hydrogen) atoms. The number of hydrogen-bond acceptors (Lipinski definition) is 1. The molecule has 0 spiro atoms. The molecule has 0 aliphatic rings. The summed E-state index contributed by atoms with van der Waals surface area (Å²) in [6, 6.07) is 19.3. The monoisotopic (exact) mass is 253 g/mol. The Morgan fingerprint density at radius 3 is 2.00 bits per heavy atom. The summed E-state index contributed by atoms with van der Waals surface area (Å²) in [6.07, 6.45) is 1.17. The van der Waals surface area contributed by atoms with Crippen molar-refractivity contribution >= 4 is 0 Å². The molecule has 2 unspecified atom stereocenters. The maximum Gasteiger partial charge on any atom is -0.000567 e. The van der Waals surface area contributed by atoms with Crippen LogP contribution in [0.25, 0.3) is 11.1 Å². The second kappa shape index (κ2) is 6.53. The van der Waals surface area contributed by atoms with E-state index in [9.17, 15) is 0 Å². The quantitative estimate of drug-likeness (QED) is 0.837. The number of benzene rings is 2. The van der Waals surface area contributed by atoms with Gasteiger partial charge in [-0.1, -0.05) is 74.9 Å². The van der Waals surface area contributed by atoms with Crippen molar-refractivity contribution in [2.24, 2.45) is 11.7 Å². The zero-order valence-electron chi connectivity index (χ0n) is 11.8. The molecule has 2 atom stereocenters. The molecule has 0 heterocycles. The van der Waals surface area contributed by atoms with E-state index >= 15 is 0 Å². The molecular formula is C18H23N. The summed E-state index contributed by atoms with van der Waals surface area (Å²) in [7, 11) is 0. The van der Waals surface area contributed by atoms with E-state index in [1.165, 1.54) is 23.1 Å². The smallest absolute Gasteiger partial charge is 0.000567 e. The van der Waals surface area contributed by atoms with Gasteiger partial charge in [0.2, 0.25) is 0 Å². The topological polar surface area (TPSA) is 26.0 Å². The van der Waals surface area contributed by atoms with Gasteiger partial charge in [0.1, 0.15) is 0 Å². The average Bonchev–Trinajstić information content (AvgIpc) is 2.49. The molecule has 2 rings (SSSR count). The molecule has 0 fully saturated rings. The van der Waals surface area contributed by atoms with Gasteiger partial charge in [-0.15, -0.1) is 0 Å². The Morgan fingerprint density at radius 1 is 0.895 bits per heavy atom. The first kappa shape index (κ1) is 13.8. The minimum atomic E-state index is 0.467. The van der Waals surface area contributed by atoms with Crippen molar-refractivity contribution in [3.05, 3.63) is 60.2 Å². The van der Waals surface area contributed by atoms with E-state index < -0.39 is 0 Å². The molecule has 1 heteroatoms. The molecule has 2 aromatic carbocycles. The lowest BCUT2D eigenvalue weighted by molar-refractivity contribution is 0.452. The molecule has 100 valence electrons. The third kappa shape index (κ3) is 3.24. The van der Waals surface area contributed by atoms with Crippen LogP contribution in [0, 0.1) is 5.92 Å². The summed E-state index contributed by atoms with van der Waals surface area (Å²) >= 11 is 0. The van der Waals surface area contributed by atoms with E-state index in [4.69, 9.17) is 5.73 Å². The predicted molar refractivity (Wildman–Crippen MR) is 83.1 cm³/mol. The van der Waals surface area contributed by atoms with Crippen LogP contribution in [-0.4, -0.2) is 6.54 Å². The van der Waals surface area contributed by atoms with E-state index in [0.29, 0.717) is 11.8 Å². The van der Waals surface area contributed by atoms with Crippen LogP contribution in [0.3, 0.4) is 0 Å². The van der Waals surface area contributed by atoms with Gasteiger partial charge in [-0.2, -0.15) is 0 Å². The van der Waals surface area contributed by atoms with E-state index in [1.54, 1.807) is 0 Å². The molecule has 2 aromatic rings. The SMILES string of the molecule is CCC(C)C(CN)c1ccc(-c2ccccc2)cc1. The standard InChI is InChI=1S/C18H23N/c1-3-14(2)18(13-19)17-11-9-16(10-12-17)15-7-5-4-6-8-15/h4-12,14,18H,3,13,19H2,1-2H3. The molecular weight excluding hydrogens is 230 g/mol. The van der Waals surface area contributed by atoms with Crippen molar-refractivity contribution in [3.8, 4) is 11.1 Å². The van der Waals surface area contributed by atoms with Crippen LogP contribution in [0.1, 0.15) is 31.7 Å². The van der Waals surface area contributed by atoms with E-state index in [1.807, 2.05) is 6.07 Å². The van der Waals surface area contributed by atoms with Gasteiger partial charge in [0, 0.05) is 0 Å². The molecule has 1 nitrogen and oxygen atoms in total. The molecule has 0 aliphatic carbocycles. The molecule has 2 N–H and O–H groups in total. The van der Waals surface area contributed by atoms with Crippen LogP contribution in [0.15, 0.2) is 54.6 Å². The van der Waals surface area contributed by atoms with Gasteiger partial charge in [0.15, 0.2) is 0 Å². The minimum Gasteiger partial charge on any atom is -0.330 e. The van der Waals surface area contributed by atoms with Crippen molar-refractivity contribution in [2.45, 2.75) is 26.2 Å². The van der Waals surface area contributed by atoms with E-state index in [0.717, 1.165) is 6.54 Å². The van der Waals surface area contributed by atoms with Crippen molar-refractivity contribution in [1.29, 1.82) is 0 Å². The van der Waals surface area contributed by atoms with Crippen molar-refractivity contribution in [3.63, 3.8) is 0 Å². The van der Waals surface area contributed by atoms with Crippen LogP contribution in [0.4, 0.5) is 0 Å². The van der Waals surface area contributed by atoms with Crippen molar-refractivity contribution in [2.75, 3.05) is 6.54 Å². The molecule has 0 bridgehead atoms. The second-order valence-electron chi connectivity index (χ2n) is 5.22. The largest absolute Gasteiger partial charge is 0.330 e. The maximum atomic E-state index is 5.93. The molecule has 0 radical (unpaired) electrons. The number of rotatable bonds is 5. The third-order valence-corrected chi connectivity index (χ3v) is 4.03. The predicted octanol–water partition coefficient (Wildman–Crippen LogP) is 4.44. The molecule has 0 amide bonds. The van der Waals surface area contributed by atoms with Crippen LogP contribution >= 0.6 is 0 Å². The van der Waals surface area contributed by atoms with E-state index in [-0.39, 0.29) is 0 Å². The van der Waals surface area contributed by atoms with Gasteiger partial charge in [-0.3, -0.25) is 0 Å². The Labute approximate surface area is 116 Å². The summed E-state index contributed by atoms with van der Waals surface area (Å²) in [5.74, 6) is 1.10. The Kier molecular flexibility index (Phi) is 4.75. The molecule has 0 saturated carbocycles. The average molecular weight is 253 g/mol. The summed E-state index contributed by atoms with van der Waals surface area (Å²) in [6.45, 7) is 5.23. The van der Waals surface area contributed by atoms with Gasteiger partial charge in [-0.25, -0.2) is 0 Å². The van der Waals surface area contributed by atoms with Crippen molar-refractivity contribution < 1.29 is 0 Å². The Balaban J connectivity index is 2.23. The molecule has 0 aliphatic heterocycles. The fraction of sp³-hybridized carbons (Fsp3) is 0.333. The fourth-order valence-electron chi connectivity index (χ4n) is 2.53. The van der Waals surface area contributed by atoms with Gasteiger partial charge in [0.25, 0.3) is 0 Å². The lowest BCUT2D eigenvalue weighted by atomic mass is 9.85. The summed E-state index contributed by atoms with van der Waals surface area (Å²) in [5, 5.41) is 0. The Bertz CT molecular complexity index is 487. The Morgan fingerprint density at radius 2 is 1.47 bits per heavy atom. The highest BCUT2D eigenvalue weighted by molar-refractivity contribution is 5.63. The number of hydrogen-bond donors (Lipinski definition) is 1. The highest BCUT2D eigenvalue weighted by Crippen LogP contribution is 2.28. The summed E-state index contributed by atoms with van der Waals surface area (Å²) in [5.41, 5.74) is 9.82. The fourth-order valence-corrected chi connectivity index (χ4v) is 2.53. The maximum absolute atomic E-state index is 5.93. The Hall–Kier alpha value is -1.60. The van der Waals surface area contributed by atoms with Crippen LogP contribution in [0.5, 0.6) is 0 Å². The first-order valence-corrected chi connectivity index (χ1v) is 7.11. The summed E-state index contributed by atoms with van der Waals surface area (Å²) in [4.78, 5) is 0. The third-order valence-electron chi connectivity index (χ3n) is 4.03. The normalized spacial score (nSPS) is 14.1. The first-order valence-electron chi connectivity index (χ1n) is 7.11. The lowest BCUT2D eigenvalue weighted by Crippen LogP contribution is -2.19. The van der Waals surface area contributed by atoms with Crippen molar-refractivity contribution in [1.82, 2.24) is 0 Å². The second-order valence-corrected chi connectivity index (χ2v) is 5.22. The minimum absolute atomic E-state index is 0.467. The summed E-state index contributed by atoms with van der Waals surface area (Å²) < 4.78 is 0. The highest BCUT2D eigenvalue weighted by Gasteiger charge is 2.16. The zero-order valence-corrected chi connectivity index (χ0v) is 11.8. The molecule has 0 aromatic heterocycles. The van der Waals surface area contributed by atoms with Gasteiger partial charge >= 0.3 is 0 Å². The molecule has 0 saturated heterocycles. The van der Waals surface area contributed by atoms with Crippen LogP contribution in [0.2, 0.25) is 0 Å². The van der Waals surface area contributed by atoms with E-state index in [2.05, 4.69) is 62.4 Å². The van der Waals surface area contributed by atoms with Gasteiger partial charge < -0.3 is 5.73 Å². The zero-order chi connectivity index (χ0) is 13.7. The van der Waals surface area contributed by atoms with Crippen LogP contribution < -0.4 is 5.73 Å².